The van der Waals surface area contributed by atoms with Crippen molar-refractivity contribution in [2.75, 3.05) is 12.4 Å². The van der Waals surface area contributed by atoms with Crippen molar-refractivity contribution in [2.24, 2.45) is 16.1 Å². The fourth-order valence-corrected chi connectivity index (χ4v) is 3.33. The molecule has 0 radical (unpaired) electrons. The standard InChI is InChI=1S/C21H21FN6O2.CH2O2/c1-20(2)18(30)28(5)19(23)27-21(20,3)14-10-12(6-8-15(14)22)26-17(29)16-9-7-13(24-4)11-25-16;2-1-3/h6-11H,1-3,5H3,(H2,23,27)(H,26,29);1H,(H,2,3)/t21-;/m1./s1. The molecule has 0 saturated heterocycles. The van der Waals surface area contributed by atoms with Crippen molar-refractivity contribution in [2.45, 2.75) is 26.3 Å². The van der Waals surface area contributed by atoms with E-state index < -0.39 is 22.7 Å². The zero-order valence-electron chi connectivity index (χ0n) is 18.5. The minimum atomic E-state index is -1.29. The zero-order chi connectivity index (χ0) is 25.0. The highest BCUT2D eigenvalue weighted by atomic mass is 19.1. The summed E-state index contributed by atoms with van der Waals surface area (Å²) in [4.78, 5) is 46.5. The van der Waals surface area contributed by atoms with Crippen LogP contribution in [0.4, 0.5) is 15.8 Å². The first-order valence-electron chi connectivity index (χ1n) is 9.59. The highest BCUT2D eigenvalue weighted by Crippen LogP contribution is 2.47. The molecule has 2 aromatic rings. The van der Waals surface area contributed by atoms with E-state index in [1.807, 2.05) is 0 Å². The van der Waals surface area contributed by atoms with Gasteiger partial charge in [-0.2, -0.15) is 0 Å². The molecule has 11 heteroatoms. The van der Waals surface area contributed by atoms with Crippen molar-refractivity contribution in [1.29, 1.82) is 0 Å². The third-order valence-electron chi connectivity index (χ3n) is 5.60. The lowest BCUT2D eigenvalue weighted by Crippen LogP contribution is -2.58. The number of carbonyl (C=O) groups is 3. The molecule has 4 N–H and O–H groups in total. The van der Waals surface area contributed by atoms with Crippen LogP contribution in [0.2, 0.25) is 0 Å². The lowest BCUT2D eigenvalue weighted by atomic mass is 9.67. The van der Waals surface area contributed by atoms with Crippen LogP contribution in [0.15, 0.2) is 41.5 Å². The van der Waals surface area contributed by atoms with Crippen molar-refractivity contribution >= 4 is 35.6 Å². The normalized spacial score (nSPS) is 18.8. The van der Waals surface area contributed by atoms with E-state index in [1.54, 1.807) is 20.8 Å². The fraction of sp³-hybridized carbons (Fsp3) is 0.273. The number of carbonyl (C=O) groups excluding carboxylic acids is 2. The van der Waals surface area contributed by atoms with E-state index in [0.717, 1.165) is 0 Å². The summed E-state index contributed by atoms with van der Waals surface area (Å²) in [6.07, 6.45) is 1.29. The third kappa shape index (κ3) is 4.64. The second-order valence-corrected chi connectivity index (χ2v) is 7.80. The Morgan fingerprint density at radius 3 is 2.48 bits per heavy atom. The Hall–Kier alpha value is -4.33. The molecule has 1 atom stereocenters. The second kappa shape index (κ2) is 9.44. The number of amides is 2. The van der Waals surface area contributed by atoms with Crippen LogP contribution < -0.4 is 11.1 Å². The van der Waals surface area contributed by atoms with E-state index in [4.69, 9.17) is 22.2 Å². The van der Waals surface area contributed by atoms with Gasteiger partial charge in [0.1, 0.15) is 17.1 Å². The maximum Gasteiger partial charge on any atom is 0.290 e. The Labute approximate surface area is 189 Å². The lowest BCUT2D eigenvalue weighted by Gasteiger charge is -2.46. The Kier molecular flexibility index (Phi) is 7.13. The molecule has 1 aliphatic rings. The van der Waals surface area contributed by atoms with Gasteiger partial charge in [-0.05, 0) is 45.0 Å². The molecule has 2 amide bonds. The summed E-state index contributed by atoms with van der Waals surface area (Å²) in [7, 11) is 1.52. The first kappa shape index (κ1) is 24.9. The minimum absolute atomic E-state index is 0.0141. The summed E-state index contributed by atoms with van der Waals surface area (Å²) in [5, 5.41) is 9.55. The van der Waals surface area contributed by atoms with Crippen LogP contribution in [0.1, 0.15) is 36.8 Å². The predicted octanol–water partition coefficient (Wildman–Crippen LogP) is 2.75. The van der Waals surface area contributed by atoms with E-state index in [0.29, 0.717) is 11.4 Å². The molecule has 0 aliphatic carbocycles. The fourth-order valence-electron chi connectivity index (χ4n) is 3.33. The number of pyridine rings is 1. The molecule has 1 aliphatic heterocycles. The van der Waals surface area contributed by atoms with Gasteiger partial charge >= 0.3 is 0 Å². The summed E-state index contributed by atoms with van der Waals surface area (Å²) < 4.78 is 14.8. The summed E-state index contributed by atoms with van der Waals surface area (Å²) in [5.74, 6) is -1.40. The molecule has 0 saturated carbocycles. The Morgan fingerprint density at radius 2 is 1.94 bits per heavy atom. The van der Waals surface area contributed by atoms with Crippen LogP contribution in [0.25, 0.3) is 4.85 Å². The van der Waals surface area contributed by atoms with E-state index in [9.17, 15) is 14.0 Å². The SMILES string of the molecule is O=CO.[C-]#[N+]c1ccc(C(=O)Nc2ccc(F)c([C@@]3(C)N=C(N)N(C)C(=O)C3(C)C)c2)nc1. The van der Waals surface area contributed by atoms with Crippen LogP contribution in [-0.4, -0.2) is 46.3 Å². The number of carboxylic acid groups (broad SMARTS) is 1. The van der Waals surface area contributed by atoms with Gasteiger partial charge in [-0.3, -0.25) is 24.3 Å². The monoisotopic (exact) mass is 454 g/mol. The topological polar surface area (TPSA) is 142 Å². The highest BCUT2D eigenvalue weighted by Gasteiger charge is 2.53. The maximum absolute atomic E-state index is 14.8. The summed E-state index contributed by atoms with van der Waals surface area (Å²) >= 11 is 0. The largest absolute Gasteiger partial charge is 0.483 e. The quantitative estimate of drug-likeness (QED) is 0.481. The number of nitrogens with one attached hydrogen (secondary N) is 1. The number of nitrogens with two attached hydrogens (primary N) is 1. The number of hydrogen-bond acceptors (Lipinski definition) is 6. The lowest BCUT2D eigenvalue weighted by molar-refractivity contribution is -0.140. The number of anilines is 1. The number of aromatic nitrogens is 1. The Balaban J connectivity index is 0.00000122. The smallest absolute Gasteiger partial charge is 0.290 e. The van der Waals surface area contributed by atoms with Gasteiger partial charge in [0, 0.05) is 24.5 Å². The first-order valence-corrected chi connectivity index (χ1v) is 9.59. The van der Waals surface area contributed by atoms with Gasteiger partial charge in [0.2, 0.25) is 11.6 Å². The molecule has 10 nitrogen and oxygen atoms in total. The van der Waals surface area contributed by atoms with Gasteiger partial charge in [-0.1, -0.05) is 6.07 Å². The minimum Gasteiger partial charge on any atom is -0.483 e. The average Bonchev–Trinajstić information content (AvgIpc) is 2.78. The van der Waals surface area contributed by atoms with Gasteiger partial charge < -0.3 is 16.2 Å². The molecule has 172 valence electrons. The number of rotatable bonds is 3. The molecule has 0 fully saturated rings. The molecule has 0 bridgehead atoms. The van der Waals surface area contributed by atoms with Crippen molar-refractivity contribution < 1.29 is 23.9 Å². The summed E-state index contributed by atoms with van der Waals surface area (Å²) in [5.41, 5.74) is 4.38. The van der Waals surface area contributed by atoms with E-state index in [-0.39, 0.29) is 29.6 Å². The molecule has 33 heavy (non-hydrogen) atoms. The van der Waals surface area contributed by atoms with Crippen LogP contribution >= 0.6 is 0 Å². The number of aliphatic imine (C=N–C) groups is 1. The summed E-state index contributed by atoms with van der Waals surface area (Å²) in [6, 6.07) is 6.97. The van der Waals surface area contributed by atoms with Gasteiger partial charge in [-0.15, -0.1) is 0 Å². The molecular weight excluding hydrogens is 431 g/mol. The van der Waals surface area contributed by atoms with Crippen LogP contribution in [-0.2, 0) is 15.1 Å². The van der Waals surface area contributed by atoms with Gasteiger partial charge in [-0.25, -0.2) is 14.2 Å². The predicted molar refractivity (Wildman–Crippen MR) is 119 cm³/mol. The summed E-state index contributed by atoms with van der Waals surface area (Å²) in [6.45, 7) is 11.7. The van der Waals surface area contributed by atoms with Gasteiger partial charge in [0.25, 0.3) is 12.4 Å². The number of benzene rings is 1. The van der Waals surface area contributed by atoms with Crippen molar-refractivity contribution in [3.8, 4) is 0 Å². The molecule has 1 aromatic heterocycles. The van der Waals surface area contributed by atoms with E-state index >= 15 is 0 Å². The Morgan fingerprint density at radius 1 is 1.30 bits per heavy atom. The van der Waals surface area contributed by atoms with Crippen molar-refractivity contribution in [3.63, 3.8) is 0 Å². The molecule has 2 heterocycles. The van der Waals surface area contributed by atoms with Crippen LogP contribution in [0, 0.1) is 17.8 Å². The molecular formula is C22H23FN6O4. The van der Waals surface area contributed by atoms with Crippen molar-refractivity contribution in [3.05, 3.63) is 65.0 Å². The first-order chi connectivity index (χ1) is 15.4. The van der Waals surface area contributed by atoms with Crippen LogP contribution in [0.5, 0.6) is 0 Å². The highest BCUT2D eigenvalue weighted by molar-refractivity contribution is 6.03. The van der Waals surface area contributed by atoms with E-state index in [1.165, 1.54) is 48.5 Å². The zero-order valence-corrected chi connectivity index (χ0v) is 18.5. The van der Waals surface area contributed by atoms with Gasteiger partial charge in [0.15, 0.2) is 5.96 Å². The number of halogens is 1. The van der Waals surface area contributed by atoms with Crippen LogP contribution in [0.3, 0.4) is 0 Å². The Bertz CT molecular complexity index is 1160. The third-order valence-corrected chi connectivity index (χ3v) is 5.60. The number of guanidine groups is 1. The maximum atomic E-state index is 14.8. The molecule has 1 aromatic carbocycles. The average molecular weight is 454 g/mol. The number of nitrogens with zero attached hydrogens (tertiary/aromatic N) is 4. The molecule has 3 rings (SSSR count). The van der Waals surface area contributed by atoms with E-state index in [2.05, 4.69) is 20.1 Å². The molecule has 0 unspecified atom stereocenters. The number of hydrogen-bond donors (Lipinski definition) is 3. The second-order valence-electron chi connectivity index (χ2n) is 7.80. The molecule has 0 spiro atoms. The van der Waals surface area contributed by atoms with Crippen molar-refractivity contribution in [1.82, 2.24) is 9.88 Å². The van der Waals surface area contributed by atoms with Gasteiger partial charge in [0.05, 0.1) is 12.0 Å².